The molecule has 2 aliphatic heterocycles. The summed E-state index contributed by atoms with van der Waals surface area (Å²) in [4.78, 5) is 16.0. The van der Waals surface area contributed by atoms with E-state index in [2.05, 4.69) is 0 Å². The van der Waals surface area contributed by atoms with Gasteiger partial charge in [0.05, 0.1) is 25.3 Å². The summed E-state index contributed by atoms with van der Waals surface area (Å²) in [6.07, 6.45) is 2.83. The largest absolute Gasteiger partial charge is 0.372 e. The smallest absolute Gasteiger partial charge is 0.320 e. The van der Waals surface area contributed by atoms with Crippen molar-refractivity contribution in [2.45, 2.75) is 25.9 Å². The van der Waals surface area contributed by atoms with Crippen molar-refractivity contribution >= 4 is 17.6 Å². The van der Waals surface area contributed by atoms with Gasteiger partial charge in [0.15, 0.2) is 0 Å². The van der Waals surface area contributed by atoms with Crippen molar-refractivity contribution in [3.63, 3.8) is 0 Å². The van der Waals surface area contributed by atoms with Crippen LogP contribution in [0.2, 0.25) is 0 Å². The summed E-state index contributed by atoms with van der Waals surface area (Å²) < 4.78 is 5.60. The molecule has 0 spiro atoms. The van der Waals surface area contributed by atoms with Crippen LogP contribution in [0.25, 0.3) is 0 Å². The summed E-state index contributed by atoms with van der Waals surface area (Å²) >= 11 is 5.97. The van der Waals surface area contributed by atoms with Gasteiger partial charge in [-0.05, 0) is 20.3 Å². The summed E-state index contributed by atoms with van der Waals surface area (Å²) in [7, 11) is 0. The Kier molecular flexibility index (Phi) is 3.64. The highest BCUT2D eigenvalue weighted by molar-refractivity contribution is 6.30. The zero-order chi connectivity index (χ0) is 12.5. The van der Waals surface area contributed by atoms with Crippen LogP contribution in [-0.2, 0) is 4.74 Å². The lowest BCUT2D eigenvalue weighted by Gasteiger charge is -2.40. The van der Waals surface area contributed by atoms with Gasteiger partial charge in [0.1, 0.15) is 0 Å². The summed E-state index contributed by atoms with van der Waals surface area (Å²) in [6.45, 7) is 7.23. The Labute approximate surface area is 107 Å². The number of hydrogen-bond donors (Lipinski definition) is 0. The molecule has 0 saturated carbocycles. The first kappa shape index (κ1) is 12.7. The van der Waals surface area contributed by atoms with E-state index in [9.17, 15) is 4.79 Å². The van der Waals surface area contributed by atoms with Gasteiger partial charge in [-0.3, -0.25) is 0 Å². The van der Waals surface area contributed by atoms with Crippen LogP contribution in [0.1, 0.15) is 20.3 Å². The quantitative estimate of drug-likeness (QED) is 0.666. The topological polar surface area (TPSA) is 32.8 Å². The maximum absolute atomic E-state index is 12.3. The van der Waals surface area contributed by atoms with Crippen LogP contribution in [0.3, 0.4) is 0 Å². The minimum Gasteiger partial charge on any atom is -0.372 e. The first-order valence-corrected chi connectivity index (χ1v) is 6.38. The molecule has 0 atom stereocenters. The summed E-state index contributed by atoms with van der Waals surface area (Å²) in [5.74, 6) is 0. The van der Waals surface area contributed by atoms with Crippen LogP contribution in [0, 0.1) is 0 Å². The highest BCUT2D eigenvalue weighted by Gasteiger charge is 2.32. The molecule has 0 radical (unpaired) electrons. The van der Waals surface area contributed by atoms with E-state index in [0.29, 0.717) is 26.2 Å². The number of morpholine rings is 1. The fourth-order valence-electron chi connectivity index (χ4n) is 2.25. The van der Waals surface area contributed by atoms with Gasteiger partial charge in [-0.1, -0.05) is 17.7 Å². The molecular weight excluding hydrogens is 240 g/mol. The van der Waals surface area contributed by atoms with Gasteiger partial charge in [-0.15, -0.1) is 0 Å². The molecule has 0 aromatic carbocycles. The summed E-state index contributed by atoms with van der Waals surface area (Å²) in [6, 6.07) is 0.0765. The SMILES string of the molecule is CC1(C)CN(C(=O)N2CCC=C(Cl)C2)CCO1. The molecule has 2 amide bonds. The standard InChI is InChI=1S/C12H19ClN2O2/c1-12(2)9-15(6-7-17-12)11(16)14-5-3-4-10(13)8-14/h4H,3,5-9H2,1-2H3. The van der Waals surface area contributed by atoms with E-state index in [1.165, 1.54) is 0 Å². The van der Waals surface area contributed by atoms with Gasteiger partial charge in [0.25, 0.3) is 0 Å². The lowest BCUT2D eigenvalue weighted by molar-refractivity contribution is -0.0762. The molecule has 0 bridgehead atoms. The molecule has 4 nitrogen and oxygen atoms in total. The van der Waals surface area contributed by atoms with Gasteiger partial charge in [0.2, 0.25) is 0 Å². The summed E-state index contributed by atoms with van der Waals surface area (Å²) in [5.41, 5.74) is -0.247. The fraction of sp³-hybridized carbons (Fsp3) is 0.750. The van der Waals surface area contributed by atoms with Crippen molar-refractivity contribution < 1.29 is 9.53 Å². The van der Waals surface area contributed by atoms with Crippen molar-refractivity contribution in [2.75, 3.05) is 32.8 Å². The molecule has 0 aliphatic carbocycles. The molecule has 96 valence electrons. The van der Waals surface area contributed by atoms with Crippen molar-refractivity contribution in [1.29, 1.82) is 0 Å². The zero-order valence-electron chi connectivity index (χ0n) is 10.4. The van der Waals surface area contributed by atoms with Crippen LogP contribution in [-0.4, -0.2) is 54.2 Å². The lowest BCUT2D eigenvalue weighted by Crippen LogP contribution is -2.55. The van der Waals surface area contributed by atoms with Crippen LogP contribution < -0.4 is 0 Å². The predicted molar refractivity (Wildman–Crippen MR) is 67.1 cm³/mol. The van der Waals surface area contributed by atoms with E-state index in [4.69, 9.17) is 16.3 Å². The molecule has 1 saturated heterocycles. The first-order chi connectivity index (χ1) is 7.98. The number of halogens is 1. The van der Waals surface area contributed by atoms with E-state index in [-0.39, 0.29) is 11.6 Å². The highest BCUT2D eigenvalue weighted by Crippen LogP contribution is 2.20. The number of carbonyl (C=O) groups excluding carboxylic acids is 1. The average Bonchev–Trinajstić information content (AvgIpc) is 2.26. The lowest BCUT2D eigenvalue weighted by atomic mass is 10.1. The average molecular weight is 259 g/mol. The number of nitrogens with zero attached hydrogens (tertiary/aromatic N) is 2. The maximum atomic E-state index is 12.3. The molecular formula is C12H19ClN2O2. The van der Waals surface area contributed by atoms with Crippen LogP contribution >= 0.6 is 11.6 Å². The number of ether oxygens (including phenoxy) is 1. The Bertz CT molecular complexity index is 341. The van der Waals surface area contributed by atoms with Gasteiger partial charge in [-0.2, -0.15) is 0 Å². The minimum absolute atomic E-state index is 0.0765. The molecule has 1 fully saturated rings. The van der Waals surface area contributed by atoms with E-state index in [1.807, 2.05) is 29.7 Å². The normalized spacial score (nSPS) is 24.5. The highest BCUT2D eigenvalue weighted by atomic mass is 35.5. The molecule has 0 aromatic heterocycles. The van der Waals surface area contributed by atoms with Gasteiger partial charge >= 0.3 is 6.03 Å². The molecule has 2 aliphatic rings. The molecule has 0 aromatic rings. The van der Waals surface area contributed by atoms with Crippen molar-refractivity contribution in [2.24, 2.45) is 0 Å². The van der Waals surface area contributed by atoms with E-state index < -0.39 is 0 Å². The van der Waals surface area contributed by atoms with Gasteiger partial charge in [-0.25, -0.2) is 4.79 Å². The first-order valence-electron chi connectivity index (χ1n) is 6.00. The number of carbonyl (C=O) groups is 1. The molecule has 5 heteroatoms. The minimum atomic E-state index is -0.247. The Balaban J connectivity index is 1.98. The molecule has 17 heavy (non-hydrogen) atoms. The third-order valence-electron chi connectivity index (χ3n) is 3.07. The number of hydrogen-bond acceptors (Lipinski definition) is 2. The third-order valence-corrected chi connectivity index (χ3v) is 3.35. The van der Waals surface area contributed by atoms with Crippen molar-refractivity contribution in [3.05, 3.63) is 11.1 Å². The predicted octanol–water partition coefficient (Wildman–Crippen LogP) is 2.05. The van der Waals surface area contributed by atoms with E-state index in [0.717, 1.165) is 18.0 Å². The van der Waals surface area contributed by atoms with Gasteiger partial charge < -0.3 is 14.5 Å². The molecule has 0 unspecified atom stereocenters. The van der Waals surface area contributed by atoms with Crippen LogP contribution in [0.5, 0.6) is 0 Å². The Morgan fingerprint density at radius 3 is 2.82 bits per heavy atom. The number of rotatable bonds is 0. The zero-order valence-corrected chi connectivity index (χ0v) is 11.2. The Morgan fingerprint density at radius 1 is 1.41 bits per heavy atom. The molecule has 2 heterocycles. The van der Waals surface area contributed by atoms with Crippen LogP contribution in [0.15, 0.2) is 11.1 Å². The fourth-order valence-corrected chi connectivity index (χ4v) is 2.50. The third kappa shape index (κ3) is 3.13. The van der Waals surface area contributed by atoms with Gasteiger partial charge in [0, 0.05) is 18.1 Å². The van der Waals surface area contributed by atoms with E-state index >= 15 is 0 Å². The summed E-state index contributed by atoms with van der Waals surface area (Å²) in [5, 5.41) is 0.761. The Hall–Kier alpha value is -0.740. The van der Waals surface area contributed by atoms with Crippen molar-refractivity contribution in [3.8, 4) is 0 Å². The van der Waals surface area contributed by atoms with Crippen molar-refractivity contribution in [1.82, 2.24) is 9.80 Å². The molecule has 2 rings (SSSR count). The second-order valence-electron chi connectivity index (χ2n) is 5.17. The Morgan fingerprint density at radius 2 is 2.18 bits per heavy atom. The second-order valence-corrected chi connectivity index (χ2v) is 5.66. The van der Waals surface area contributed by atoms with Crippen LogP contribution in [0.4, 0.5) is 4.79 Å². The van der Waals surface area contributed by atoms with E-state index in [1.54, 1.807) is 0 Å². The number of amides is 2. The number of urea groups is 1. The second kappa shape index (κ2) is 4.86. The maximum Gasteiger partial charge on any atom is 0.320 e. The monoisotopic (exact) mass is 258 g/mol. The molecule has 0 N–H and O–H groups in total.